The second-order valence-corrected chi connectivity index (χ2v) is 5.92. The van der Waals surface area contributed by atoms with Gasteiger partial charge in [-0.3, -0.25) is 4.79 Å². The maximum Gasteiger partial charge on any atom is 0.233 e. The molecule has 1 aromatic rings. The molecule has 0 spiro atoms. The molecule has 1 heterocycles. The standard InChI is InChI=1S/C11H17NO2S2/c1-9(16-10-5-3-8-15-10)11(13)12-6-4-7-14-2/h3,5,8-9H,4,6-7H2,1-2H3,(H,12,13). The summed E-state index contributed by atoms with van der Waals surface area (Å²) in [4.78, 5) is 11.7. The molecule has 1 atom stereocenters. The highest BCUT2D eigenvalue weighted by Crippen LogP contribution is 2.27. The normalized spacial score (nSPS) is 12.4. The molecule has 0 aliphatic heterocycles. The van der Waals surface area contributed by atoms with Crippen molar-refractivity contribution in [2.24, 2.45) is 0 Å². The van der Waals surface area contributed by atoms with Gasteiger partial charge < -0.3 is 10.1 Å². The van der Waals surface area contributed by atoms with Crippen molar-refractivity contribution in [3.05, 3.63) is 17.5 Å². The van der Waals surface area contributed by atoms with E-state index in [9.17, 15) is 4.79 Å². The number of amides is 1. The molecule has 0 radical (unpaired) electrons. The maximum atomic E-state index is 11.7. The van der Waals surface area contributed by atoms with Crippen molar-refractivity contribution < 1.29 is 9.53 Å². The first-order chi connectivity index (χ1) is 7.74. The van der Waals surface area contributed by atoms with Crippen LogP contribution in [-0.2, 0) is 9.53 Å². The van der Waals surface area contributed by atoms with Gasteiger partial charge in [-0.25, -0.2) is 0 Å². The van der Waals surface area contributed by atoms with E-state index in [0.29, 0.717) is 13.2 Å². The summed E-state index contributed by atoms with van der Waals surface area (Å²) in [6.07, 6.45) is 0.860. The lowest BCUT2D eigenvalue weighted by molar-refractivity contribution is -0.120. The molecule has 1 rings (SSSR count). The van der Waals surface area contributed by atoms with Gasteiger partial charge in [0.25, 0.3) is 0 Å². The van der Waals surface area contributed by atoms with Crippen molar-refractivity contribution in [3.8, 4) is 0 Å². The van der Waals surface area contributed by atoms with Crippen LogP contribution in [0.3, 0.4) is 0 Å². The molecule has 1 N–H and O–H groups in total. The third-order valence-corrected chi connectivity index (χ3v) is 4.16. The van der Waals surface area contributed by atoms with Crippen molar-refractivity contribution in [2.75, 3.05) is 20.3 Å². The molecule has 0 aliphatic rings. The van der Waals surface area contributed by atoms with E-state index in [4.69, 9.17) is 4.74 Å². The number of rotatable bonds is 7. The number of nitrogens with one attached hydrogen (secondary N) is 1. The predicted molar refractivity (Wildman–Crippen MR) is 69.1 cm³/mol. The number of thioether (sulfide) groups is 1. The lowest BCUT2D eigenvalue weighted by atomic mass is 10.4. The Labute approximate surface area is 105 Å². The van der Waals surface area contributed by atoms with Gasteiger partial charge in [-0.15, -0.1) is 23.1 Å². The van der Waals surface area contributed by atoms with Crippen LogP contribution in [-0.4, -0.2) is 31.4 Å². The van der Waals surface area contributed by atoms with Crippen molar-refractivity contribution >= 4 is 29.0 Å². The molecular weight excluding hydrogens is 242 g/mol. The summed E-state index contributed by atoms with van der Waals surface area (Å²) in [6, 6.07) is 4.03. The molecule has 0 fully saturated rings. The highest BCUT2D eigenvalue weighted by molar-refractivity contribution is 8.02. The zero-order valence-corrected chi connectivity index (χ0v) is 11.2. The van der Waals surface area contributed by atoms with Crippen LogP contribution < -0.4 is 5.32 Å². The van der Waals surface area contributed by atoms with Gasteiger partial charge in [0, 0.05) is 20.3 Å². The molecule has 0 saturated heterocycles. The minimum absolute atomic E-state index is 0.0406. The van der Waals surface area contributed by atoms with Crippen molar-refractivity contribution in [2.45, 2.75) is 22.8 Å². The fourth-order valence-electron chi connectivity index (χ4n) is 1.13. The second-order valence-electron chi connectivity index (χ2n) is 3.33. The number of thiophene rings is 1. The molecule has 5 heteroatoms. The van der Waals surface area contributed by atoms with Crippen molar-refractivity contribution in [1.29, 1.82) is 0 Å². The van der Waals surface area contributed by atoms with Gasteiger partial charge in [0.2, 0.25) is 5.91 Å². The van der Waals surface area contributed by atoms with Crippen LogP contribution in [0.2, 0.25) is 0 Å². The number of carbonyl (C=O) groups excluding carboxylic acids is 1. The van der Waals surface area contributed by atoms with E-state index in [0.717, 1.165) is 6.42 Å². The lowest BCUT2D eigenvalue weighted by Crippen LogP contribution is -2.31. The highest BCUT2D eigenvalue weighted by atomic mass is 32.2. The summed E-state index contributed by atoms with van der Waals surface area (Å²) in [5, 5.41) is 4.87. The van der Waals surface area contributed by atoms with E-state index < -0.39 is 0 Å². The Hall–Kier alpha value is -0.520. The van der Waals surface area contributed by atoms with Gasteiger partial charge in [-0.2, -0.15) is 0 Å². The average Bonchev–Trinajstić information content (AvgIpc) is 2.76. The molecule has 1 aromatic heterocycles. The molecule has 1 unspecified atom stereocenters. The van der Waals surface area contributed by atoms with Gasteiger partial charge in [-0.1, -0.05) is 6.07 Å². The first-order valence-corrected chi connectivity index (χ1v) is 6.96. The van der Waals surface area contributed by atoms with Crippen LogP contribution in [0.1, 0.15) is 13.3 Å². The molecule has 0 aliphatic carbocycles. The SMILES string of the molecule is COCCCNC(=O)C(C)Sc1cccs1. The number of methoxy groups -OCH3 is 1. The predicted octanol–water partition coefficient (Wildman–Crippen LogP) is 2.38. The largest absolute Gasteiger partial charge is 0.385 e. The van der Waals surface area contributed by atoms with E-state index in [2.05, 4.69) is 5.32 Å². The Morgan fingerprint density at radius 3 is 3.12 bits per heavy atom. The third-order valence-electron chi connectivity index (χ3n) is 1.98. The molecular formula is C11H17NO2S2. The zero-order valence-electron chi connectivity index (χ0n) is 9.56. The van der Waals surface area contributed by atoms with Crippen LogP contribution in [0.15, 0.2) is 21.7 Å². The Morgan fingerprint density at radius 2 is 2.50 bits per heavy atom. The summed E-state index contributed by atoms with van der Waals surface area (Å²) in [5.74, 6) is 0.0921. The topological polar surface area (TPSA) is 38.3 Å². The third kappa shape index (κ3) is 5.01. The van der Waals surface area contributed by atoms with Crippen LogP contribution in [0.5, 0.6) is 0 Å². The number of ether oxygens (including phenoxy) is 1. The highest BCUT2D eigenvalue weighted by Gasteiger charge is 2.13. The second kappa shape index (κ2) is 7.70. The molecule has 0 bridgehead atoms. The summed E-state index contributed by atoms with van der Waals surface area (Å²) < 4.78 is 6.09. The molecule has 16 heavy (non-hydrogen) atoms. The maximum absolute atomic E-state index is 11.7. The number of carbonyl (C=O) groups is 1. The molecule has 0 aromatic carbocycles. The van der Waals surface area contributed by atoms with Gasteiger partial charge >= 0.3 is 0 Å². The van der Waals surface area contributed by atoms with Gasteiger partial charge in [0.15, 0.2) is 0 Å². The summed E-state index contributed by atoms with van der Waals surface area (Å²) >= 11 is 3.26. The quantitative estimate of drug-likeness (QED) is 0.603. The first kappa shape index (κ1) is 13.5. The Morgan fingerprint density at radius 1 is 1.69 bits per heavy atom. The molecule has 90 valence electrons. The van der Waals surface area contributed by atoms with Crippen molar-refractivity contribution in [1.82, 2.24) is 5.32 Å². The fraction of sp³-hybridized carbons (Fsp3) is 0.545. The Kier molecular flexibility index (Phi) is 6.52. The summed E-state index contributed by atoms with van der Waals surface area (Å²) in [5.41, 5.74) is 0. The number of hydrogen-bond acceptors (Lipinski definition) is 4. The first-order valence-electron chi connectivity index (χ1n) is 5.21. The van der Waals surface area contributed by atoms with Gasteiger partial charge in [-0.05, 0) is 24.8 Å². The minimum atomic E-state index is -0.0406. The van der Waals surface area contributed by atoms with E-state index >= 15 is 0 Å². The van der Waals surface area contributed by atoms with Gasteiger partial charge in [0.1, 0.15) is 0 Å². The summed E-state index contributed by atoms with van der Waals surface area (Å²) in [7, 11) is 1.66. The monoisotopic (exact) mass is 259 g/mol. The lowest BCUT2D eigenvalue weighted by Gasteiger charge is -2.10. The zero-order chi connectivity index (χ0) is 11.8. The molecule has 0 saturated carbocycles. The van der Waals surface area contributed by atoms with Crippen LogP contribution >= 0.6 is 23.1 Å². The van der Waals surface area contributed by atoms with Gasteiger partial charge in [0.05, 0.1) is 9.46 Å². The minimum Gasteiger partial charge on any atom is -0.385 e. The van der Waals surface area contributed by atoms with Crippen LogP contribution in [0.25, 0.3) is 0 Å². The average molecular weight is 259 g/mol. The Bertz CT molecular complexity index is 301. The summed E-state index contributed by atoms with van der Waals surface area (Å²) in [6.45, 7) is 3.30. The number of hydrogen-bond donors (Lipinski definition) is 1. The van der Waals surface area contributed by atoms with E-state index in [1.807, 2.05) is 24.4 Å². The fourth-order valence-corrected chi connectivity index (χ4v) is 3.10. The van der Waals surface area contributed by atoms with Crippen LogP contribution in [0.4, 0.5) is 0 Å². The Balaban J connectivity index is 2.20. The smallest absolute Gasteiger partial charge is 0.233 e. The van der Waals surface area contributed by atoms with Crippen LogP contribution in [0, 0.1) is 0 Å². The van der Waals surface area contributed by atoms with E-state index in [-0.39, 0.29) is 11.2 Å². The molecule has 3 nitrogen and oxygen atoms in total. The van der Waals surface area contributed by atoms with E-state index in [1.54, 1.807) is 30.2 Å². The molecule has 1 amide bonds. The van der Waals surface area contributed by atoms with Crippen molar-refractivity contribution in [3.63, 3.8) is 0 Å². The van der Waals surface area contributed by atoms with E-state index in [1.165, 1.54) is 4.21 Å².